The molecule has 3 nitrogen and oxygen atoms in total. The summed E-state index contributed by atoms with van der Waals surface area (Å²) in [6.45, 7) is 1.87. The lowest BCUT2D eigenvalue weighted by atomic mass is 10.3. The van der Waals surface area contributed by atoms with Gasteiger partial charge >= 0.3 is 0 Å². The van der Waals surface area contributed by atoms with Crippen LogP contribution in [0.1, 0.15) is 5.76 Å². The first kappa shape index (κ1) is 9.15. The number of imidazole rings is 1. The molecule has 0 aliphatic carbocycles. The smallest absolute Gasteiger partial charge is 0.174 e. The standard InChI is InChI=1S/C12H9FN2O/c1-7-2-5-11(16-7)12-14-9-4-3-8(13)6-10(9)15-12/h2-6H,1H3,(H,14,15). The molecule has 0 atom stereocenters. The summed E-state index contributed by atoms with van der Waals surface area (Å²) in [5.41, 5.74) is 1.40. The minimum atomic E-state index is -0.279. The fourth-order valence-corrected chi connectivity index (χ4v) is 1.66. The lowest BCUT2D eigenvalue weighted by Gasteiger charge is -1.88. The number of hydrogen-bond donors (Lipinski definition) is 1. The van der Waals surface area contributed by atoms with Gasteiger partial charge in [-0.15, -0.1) is 0 Å². The maximum Gasteiger partial charge on any atom is 0.174 e. The van der Waals surface area contributed by atoms with Crippen molar-refractivity contribution in [2.24, 2.45) is 0 Å². The van der Waals surface area contributed by atoms with Gasteiger partial charge < -0.3 is 9.40 Å². The zero-order valence-corrected chi connectivity index (χ0v) is 8.62. The highest BCUT2D eigenvalue weighted by atomic mass is 19.1. The first-order chi connectivity index (χ1) is 7.72. The summed E-state index contributed by atoms with van der Waals surface area (Å²) in [4.78, 5) is 7.34. The average molecular weight is 216 g/mol. The van der Waals surface area contributed by atoms with Crippen LogP contribution in [0.4, 0.5) is 4.39 Å². The van der Waals surface area contributed by atoms with Gasteiger partial charge in [0.25, 0.3) is 0 Å². The van der Waals surface area contributed by atoms with Crippen molar-refractivity contribution in [3.8, 4) is 11.6 Å². The maximum atomic E-state index is 13.0. The van der Waals surface area contributed by atoms with Gasteiger partial charge in [-0.1, -0.05) is 0 Å². The van der Waals surface area contributed by atoms with Crippen LogP contribution >= 0.6 is 0 Å². The number of benzene rings is 1. The van der Waals surface area contributed by atoms with Gasteiger partial charge in [0.2, 0.25) is 0 Å². The molecule has 0 unspecified atom stereocenters. The highest BCUT2D eigenvalue weighted by Gasteiger charge is 2.08. The number of aromatic nitrogens is 2. The SMILES string of the molecule is Cc1ccc(-c2nc3ccc(F)cc3[nH]2)o1. The van der Waals surface area contributed by atoms with Gasteiger partial charge in [0.1, 0.15) is 11.6 Å². The quantitative estimate of drug-likeness (QED) is 0.678. The van der Waals surface area contributed by atoms with Crippen molar-refractivity contribution >= 4 is 11.0 Å². The third-order valence-electron chi connectivity index (χ3n) is 2.42. The predicted octanol–water partition coefficient (Wildman–Crippen LogP) is 3.27. The predicted molar refractivity (Wildman–Crippen MR) is 58.5 cm³/mol. The minimum absolute atomic E-state index is 0.279. The van der Waals surface area contributed by atoms with E-state index in [1.165, 1.54) is 12.1 Å². The third kappa shape index (κ3) is 1.39. The van der Waals surface area contributed by atoms with E-state index < -0.39 is 0 Å². The molecule has 16 heavy (non-hydrogen) atoms. The van der Waals surface area contributed by atoms with Gasteiger partial charge in [-0.2, -0.15) is 0 Å². The summed E-state index contributed by atoms with van der Waals surface area (Å²) in [7, 11) is 0. The lowest BCUT2D eigenvalue weighted by Crippen LogP contribution is -1.74. The molecule has 0 aliphatic rings. The molecule has 0 aliphatic heterocycles. The Morgan fingerprint density at radius 1 is 1.25 bits per heavy atom. The number of H-pyrrole nitrogens is 1. The van der Waals surface area contributed by atoms with Crippen molar-refractivity contribution in [1.82, 2.24) is 9.97 Å². The Hall–Kier alpha value is -2.10. The van der Waals surface area contributed by atoms with Crippen molar-refractivity contribution in [2.75, 3.05) is 0 Å². The molecule has 3 aromatic rings. The van der Waals surface area contributed by atoms with Crippen LogP contribution in [0.2, 0.25) is 0 Å². The van der Waals surface area contributed by atoms with Crippen molar-refractivity contribution in [3.05, 3.63) is 41.9 Å². The van der Waals surface area contributed by atoms with Gasteiger partial charge in [0.15, 0.2) is 11.6 Å². The third-order valence-corrected chi connectivity index (χ3v) is 2.42. The van der Waals surface area contributed by atoms with Gasteiger partial charge in [-0.05, 0) is 37.3 Å². The minimum Gasteiger partial charge on any atom is -0.458 e. The summed E-state index contributed by atoms with van der Waals surface area (Å²) in [6, 6.07) is 8.15. The van der Waals surface area contributed by atoms with Crippen molar-refractivity contribution < 1.29 is 8.81 Å². The van der Waals surface area contributed by atoms with E-state index in [0.29, 0.717) is 17.1 Å². The van der Waals surface area contributed by atoms with Crippen molar-refractivity contribution in [1.29, 1.82) is 0 Å². The number of halogens is 1. The van der Waals surface area contributed by atoms with Crippen LogP contribution in [-0.4, -0.2) is 9.97 Å². The molecule has 0 spiro atoms. The molecule has 0 radical (unpaired) electrons. The zero-order chi connectivity index (χ0) is 11.1. The monoisotopic (exact) mass is 216 g/mol. The first-order valence-corrected chi connectivity index (χ1v) is 4.94. The largest absolute Gasteiger partial charge is 0.458 e. The maximum absolute atomic E-state index is 13.0. The van der Waals surface area contributed by atoms with E-state index in [9.17, 15) is 4.39 Å². The molecule has 2 aromatic heterocycles. The molecule has 0 bridgehead atoms. The van der Waals surface area contributed by atoms with E-state index in [0.717, 1.165) is 11.3 Å². The van der Waals surface area contributed by atoms with E-state index in [-0.39, 0.29) is 5.82 Å². The summed E-state index contributed by atoms with van der Waals surface area (Å²) in [5.74, 6) is 1.82. The molecule has 0 fully saturated rings. The highest BCUT2D eigenvalue weighted by molar-refractivity contribution is 5.78. The summed E-state index contributed by atoms with van der Waals surface area (Å²) in [5, 5.41) is 0. The second kappa shape index (κ2) is 3.20. The van der Waals surface area contributed by atoms with Gasteiger partial charge in [-0.3, -0.25) is 0 Å². The number of fused-ring (bicyclic) bond motifs is 1. The number of nitrogens with one attached hydrogen (secondary N) is 1. The fourth-order valence-electron chi connectivity index (χ4n) is 1.66. The molecule has 0 amide bonds. The fraction of sp³-hybridized carbons (Fsp3) is 0.0833. The molecule has 80 valence electrons. The molecular formula is C12H9FN2O. The van der Waals surface area contributed by atoms with Gasteiger partial charge in [0, 0.05) is 0 Å². The Balaban J connectivity index is 2.18. The first-order valence-electron chi connectivity index (χ1n) is 4.94. The molecule has 4 heteroatoms. The number of aromatic amines is 1. The van der Waals surface area contributed by atoms with Crippen molar-refractivity contribution in [2.45, 2.75) is 6.92 Å². The summed E-state index contributed by atoms with van der Waals surface area (Å²) >= 11 is 0. The lowest BCUT2D eigenvalue weighted by molar-refractivity contribution is 0.545. The summed E-state index contributed by atoms with van der Waals surface area (Å²) < 4.78 is 18.4. The van der Waals surface area contributed by atoms with E-state index >= 15 is 0 Å². The van der Waals surface area contributed by atoms with Crippen LogP contribution in [-0.2, 0) is 0 Å². The van der Waals surface area contributed by atoms with Crippen LogP contribution in [0.25, 0.3) is 22.6 Å². The number of nitrogens with zero attached hydrogens (tertiary/aromatic N) is 1. The number of rotatable bonds is 1. The zero-order valence-electron chi connectivity index (χ0n) is 8.62. The van der Waals surface area contributed by atoms with Crippen LogP contribution in [0, 0.1) is 12.7 Å². The molecule has 1 aromatic carbocycles. The van der Waals surface area contributed by atoms with Gasteiger partial charge in [-0.25, -0.2) is 9.37 Å². The van der Waals surface area contributed by atoms with Gasteiger partial charge in [0.05, 0.1) is 11.0 Å². The topological polar surface area (TPSA) is 41.8 Å². The second-order valence-electron chi connectivity index (χ2n) is 3.66. The molecule has 0 saturated heterocycles. The van der Waals surface area contributed by atoms with Crippen LogP contribution in [0.15, 0.2) is 34.7 Å². The molecule has 1 N–H and O–H groups in total. The highest BCUT2D eigenvalue weighted by Crippen LogP contribution is 2.22. The Morgan fingerprint density at radius 3 is 2.88 bits per heavy atom. The summed E-state index contributed by atoms with van der Waals surface area (Å²) in [6.07, 6.45) is 0. The van der Waals surface area contributed by atoms with E-state index in [1.807, 2.05) is 19.1 Å². The van der Waals surface area contributed by atoms with Crippen LogP contribution in [0.5, 0.6) is 0 Å². The average Bonchev–Trinajstić information content (AvgIpc) is 2.83. The Morgan fingerprint density at radius 2 is 2.12 bits per heavy atom. The number of furan rings is 1. The van der Waals surface area contributed by atoms with E-state index in [4.69, 9.17) is 4.42 Å². The van der Waals surface area contributed by atoms with Crippen molar-refractivity contribution in [3.63, 3.8) is 0 Å². The molecule has 2 heterocycles. The number of hydrogen-bond acceptors (Lipinski definition) is 2. The van der Waals surface area contributed by atoms with Crippen LogP contribution < -0.4 is 0 Å². The Labute approximate surface area is 90.9 Å². The normalized spacial score (nSPS) is 11.1. The van der Waals surface area contributed by atoms with Crippen LogP contribution in [0.3, 0.4) is 0 Å². The molecule has 3 rings (SSSR count). The second-order valence-corrected chi connectivity index (χ2v) is 3.66. The van der Waals surface area contributed by atoms with E-state index in [1.54, 1.807) is 6.07 Å². The number of aryl methyl sites for hydroxylation is 1. The molecular weight excluding hydrogens is 207 g/mol. The Kier molecular flexibility index (Phi) is 1.83. The van der Waals surface area contributed by atoms with E-state index in [2.05, 4.69) is 9.97 Å². The molecule has 0 saturated carbocycles. The Bertz CT molecular complexity index is 654.